The summed E-state index contributed by atoms with van der Waals surface area (Å²) >= 11 is 0. The number of nitrogens with one attached hydrogen (secondary N) is 1. The Kier molecular flexibility index (Phi) is 8.81. The van der Waals surface area contributed by atoms with Crippen LogP contribution in [0.25, 0.3) is 11.2 Å². The summed E-state index contributed by atoms with van der Waals surface area (Å²) in [6.45, 7) is 5.14. The van der Waals surface area contributed by atoms with Crippen LogP contribution in [0.4, 0.5) is 5.95 Å². The Morgan fingerprint density at radius 2 is 2.00 bits per heavy atom. The molecule has 2 aliphatic rings. The standard InChI is InChI=1S/C26H36N7O8P/c1-4-37-22-18-21(30-25(27)31-22)33(14-29-18)24-26(3,28)20(34)17(40-24)13-39-42(36,32-16-11-12-16)41-19(23(35)38-5-2)15-9-7-6-8-10-15/h6-10,14,16-17,19-20,24,34H,4-5,11-13,28H2,1-3H3,(H,32,36)(H2,27,30,31)/t17-,19+,20-,24-,26-,42-/m1/s1. The van der Waals surface area contributed by atoms with E-state index in [1.807, 2.05) is 0 Å². The van der Waals surface area contributed by atoms with Crippen molar-refractivity contribution in [3.8, 4) is 5.88 Å². The zero-order chi connectivity index (χ0) is 30.1. The fourth-order valence-electron chi connectivity index (χ4n) is 4.67. The van der Waals surface area contributed by atoms with Gasteiger partial charge < -0.3 is 30.8 Å². The first-order chi connectivity index (χ1) is 20.1. The summed E-state index contributed by atoms with van der Waals surface area (Å²) < 4.78 is 44.1. The number of aliphatic hydroxyl groups excluding tert-OH is 1. The Bertz CT molecular complexity index is 1450. The zero-order valence-corrected chi connectivity index (χ0v) is 24.5. The van der Waals surface area contributed by atoms with Crippen LogP contribution in [0.3, 0.4) is 0 Å². The highest BCUT2D eigenvalue weighted by Gasteiger charge is 2.53. The number of nitrogens with zero attached hydrogens (tertiary/aromatic N) is 4. The number of hydrogen-bond donors (Lipinski definition) is 4. The number of esters is 1. The lowest BCUT2D eigenvalue weighted by Gasteiger charge is -2.28. The first-order valence-electron chi connectivity index (χ1n) is 13.7. The number of anilines is 1. The maximum absolute atomic E-state index is 14.0. The smallest absolute Gasteiger partial charge is 0.407 e. The molecule has 228 valence electrons. The summed E-state index contributed by atoms with van der Waals surface area (Å²) in [5.74, 6) is -0.546. The number of ether oxygens (including phenoxy) is 3. The van der Waals surface area contributed by atoms with Gasteiger partial charge in [-0.1, -0.05) is 30.3 Å². The van der Waals surface area contributed by atoms with Gasteiger partial charge >= 0.3 is 13.7 Å². The van der Waals surface area contributed by atoms with Gasteiger partial charge in [0.1, 0.15) is 12.2 Å². The number of aromatic nitrogens is 4. The molecule has 0 unspecified atom stereocenters. The molecule has 1 aliphatic carbocycles. The first-order valence-corrected chi connectivity index (χ1v) is 15.3. The van der Waals surface area contributed by atoms with Gasteiger partial charge in [0.2, 0.25) is 11.8 Å². The number of carbonyl (C=O) groups excluding carboxylic acids is 1. The van der Waals surface area contributed by atoms with E-state index < -0.39 is 43.8 Å². The summed E-state index contributed by atoms with van der Waals surface area (Å²) in [4.78, 5) is 25.5. The molecule has 1 aliphatic heterocycles. The molecule has 3 heterocycles. The second kappa shape index (κ2) is 12.2. The second-order valence-corrected chi connectivity index (χ2v) is 12.0. The van der Waals surface area contributed by atoms with Gasteiger partial charge in [-0.05, 0) is 39.2 Å². The molecule has 1 saturated carbocycles. The molecule has 42 heavy (non-hydrogen) atoms. The van der Waals surface area contributed by atoms with Crippen LogP contribution in [0.15, 0.2) is 36.7 Å². The van der Waals surface area contributed by atoms with Gasteiger partial charge in [-0.15, -0.1) is 0 Å². The molecular weight excluding hydrogens is 569 g/mol. The fraction of sp³-hybridized carbons (Fsp3) is 0.538. The maximum Gasteiger partial charge on any atom is 0.407 e. The fourth-order valence-corrected chi connectivity index (χ4v) is 6.40. The van der Waals surface area contributed by atoms with Crippen LogP contribution in [0.1, 0.15) is 51.5 Å². The molecular formula is C26H36N7O8P. The van der Waals surface area contributed by atoms with Gasteiger partial charge in [-0.25, -0.2) is 19.4 Å². The SMILES string of the molecule is CCOC(=O)[C@@H](O[P@@](=O)(NC1CC1)OC[C@H]1O[C@@H](n2cnc3c(OCC)nc(N)nc32)[C@](C)(N)[C@@H]1O)c1ccccc1. The van der Waals surface area contributed by atoms with E-state index in [1.54, 1.807) is 51.1 Å². The number of hydrogen-bond acceptors (Lipinski definition) is 13. The van der Waals surface area contributed by atoms with E-state index in [1.165, 1.54) is 10.9 Å². The van der Waals surface area contributed by atoms with Crippen LogP contribution in [-0.2, 0) is 27.9 Å². The van der Waals surface area contributed by atoms with Crippen molar-refractivity contribution in [2.45, 2.75) is 69.7 Å². The maximum atomic E-state index is 14.0. The summed E-state index contributed by atoms with van der Waals surface area (Å²) in [5, 5.41) is 14.1. The molecule has 6 N–H and O–H groups in total. The highest BCUT2D eigenvalue weighted by atomic mass is 31.2. The first kappa shape index (κ1) is 30.3. The molecule has 1 aromatic carbocycles. The number of rotatable bonds is 13. The Hall–Kier alpha value is -3.17. The Labute approximate surface area is 242 Å². The number of benzene rings is 1. The van der Waals surface area contributed by atoms with Crippen molar-refractivity contribution in [2.75, 3.05) is 25.6 Å². The van der Waals surface area contributed by atoms with Gasteiger partial charge in [0.15, 0.2) is 23.5 Å². The van der Waals surface area contributed by atoms with E-state index in [0.717, 1.165) is 12.8 Å². The zero-order valence-electron chi connectivity index (χ0n) is 23.6. The lowest BCUT2D eigenvalue weighted by molar-refractivity contribution is -0.152. The van der Waals surface area contributed by atoms with Crippen LogP contribution < -0.4 is 21.3 Å². The molecule has 1 saturated heterocycles. The summed E-state index contributed by atoms with van der Waals surface area (Å²) in [6.07, 6.45) is -1.62. The topological polar surface area (TPSA) is 208 Å². The van der Waals surface area contributed by atoms with Gasteiger partial charge in [0.25, 0.3) is 0 Å². The molecule has 5 rings (SSSR count). The van der Waals surface area contributed by atoms with Gasteiger partial charge in [0.05, 0.1) is 31.7 Å². The molecule has 6 atom stereocenters. The predicted molar refractivity (Wildman–Crippen MR) is 150 cm³/mol. The lowest BCUT2D eigenvalue weighted by atomic mass is 9.93. The molecule has 16 heteroatoms. The number of nitrogens with two attached hydrogens (primary N) is 2. The van der Waals surface area contributed by atoms with Gasteiger partial charge in [0, 0.05) is 6.04 Å². The summed E-state index contributed by atoms with van der Waals surface area (Å²) in [6, 6.07) is 8.46. The highest BCUT2D eigenvalue weighted by Crippen LogP contribution is 2.52. The van der Waals surface area contributed by atoms with Crippen molar-refractivity contribution in [1.29, 1.82) is 0 Å². The minimum absolute atomic E-state index is 0.0383. The van der Waals surface area contributed by atoms with E-state index >= 15 is 0 Å². The van der Waals surface area contributed by atoms with Crippen molar-refractivity contribution >= 4 is 30.8 Å². The number of imidazole rings is 1. The van der Waals surface area contributed by atoms with Crippen LogP contribution in [0.5, 0.6) is 5.88 Å². The van der Waals surface area contributed by atoms with Crippen LogP contribution in [0.2, 0.25) is 0 Å². The van der Waals surface area contributed by atoms with E-state index in [9.17, 15) is 14.5 Å². The van der Waals surface area contributed by atoms with Crippen molar-refractivity contribution in [2.24, 2.45) is 5.73 Å². The van der Waals surface area contributed by atoms with Crippen molar-refractivity contribution in [3.63, 3.8) is 0 Å². The van der Waals surface area contributed by atoms with E-state index in [4.69, 9.17) is 34.7 Å². The molecule has 15 nitrogen and oxygen atoms in total. The highest BCUT2D eigenvalue weighted by molar-refractivity contribution is 7.51. The van der Waals surface area contributed by atoms with E-state index in [-0.39, 0.29) is 31.1 Å². The molecule has 0 radical (unpaired) electrons. The van der Waals surface area contributed by atoms with Crippen LogP contribution in [-0.4, -0.2) is 74.2 Å². The third-order valence-corrected chi connectivity index (χ3v) is 8.60. The van der Waals surface area contributed by atoms with E-state index in [2.05, 4.69) is 20.0 Å². The van der Waals surface area contributed by atoms with Gasteiger partial charge in [-0.3, -0.25) is 13.6 Å². The normalized spacial score (nSPS) is 26.2. The third kappa shape index (κ3) is 6.27. The van der Waals surface area contributed by atoms with Crippen LogP contribution in [0, 0.1) is 0 Å². The lowest BCUT2D eigenvalue weighted by Crippen LogP contribution is -2.52. The van der Waals surface area contributed by atoms with E-state index in [0.29, 0.717) is 23.3 Å². The largest absolute Gasteiger partial charge is 0.476 e. The minimum Gasteiger partial charge on any atom is -0.476 e. The Balaban J connectivity index is 1.37. The van der Waals surface area contributed by atoms with Crippen molar-refractivity contribution in [3.05, 3.63) is 42.2 Å². The van der Waals surface area contributed by atoms with Crippen LogP contribution >= 0.6 is 7.75 Å². The average Bonchev–Trinajstić information content (AvgIpc) is 3.62. The molecule has 2 aromatic heterocycles. The second-order valence-electron chi connectivity index (χ2n) is 10.3. The summed E-state index contributed by atoms with van der Waals surface area (Å²) in [5.41, 5.74) is 12.2. The average molecular weight is 606 g/mol. The summed E-state index contributed by atoms with van der Waals surface area (Å²) in [7, 11) is -4.13. The number of aliphatic hydroxyl groups is 1. The molecule has 0 amide bonds. The molecule has 3 aromatic rings. The predicted octanol–water partition coefficient (Wildman–Crippen LogP) is 1.98. The minimum atomic E-state index is -4.13. The number of nitrogen functional groups attached to an aromatic ring is 1. The van der Waals surface area contributed by atoms with Crippen molar-refractivity contribution in [1.82, 2.24) is 24.6 Å². The van der Waals surface area contributed by atoms with Gasteiger partial charge in [-0.2, -0.15) is 9.97 Å². The quantitative estimate of drug-likeness (QED) is 0.162. The molecule has 0 spiro atoms. The third-order valence-electron chi connectivity index (χ3n) is 6.94. The Morgan fingerprint density at radius 1 is 1.26 bits per heavy atom. The Morgan fingerprint density at radius 3 is 2.67 bits per heavy atom. The molecule has 2 fully saturated rings. The molecule has 0 bridgehead atoms. The number of fused-ring (bicyclic) bond motifs is 1. The monoisotopic (exact) mass is 605 g/mol. The van der Waals surface area contributed by atoms with Crippen molar-refractivity contribution < 1.29 is 37.7 Å². The number of carbonyl (C=O) groups is 1.